The summed E-state index contributed by atoms with van der Waals surface area (Å²) in [5.74, 6) is -0.0945. The van der Waals surface area contributed by atoms with E-state index in [1.54, 1.807) is 12.1 Å². The fraction of sp³-hybridized carbons (Fsp3) is 0.625. The molecule has 0 spiro atoms. The Balaban J connectivity index is 2.07. The van der Waals surface area contributed by atoms with E-state index in [4.69, 9.17) is 11.6 Å². The van der Waals surface area contributed by atoms with Crippen LogP contribution < -0.4 is 0 Å². The van der Waals surface area contributed by atoms with E-state index >= 15 is 0 Å². The maximum atomic E-state index is 13.1. The molecular weight excluding hydrogens is 263 g/mol. The molecule has 0 radical (unpaired) electrons. The smallest absolute Gasteiger partial charge is 0.141 e. The van der Waals surface area contributed by atoms with Gasteiger partial charge in [0.05, 0.1) is 11.1 Å². The van der Waals surface area contributed by atoms with E-state index in [-0.39, 0.29) is 16.5 Å². The first-order valence-corrected chi connectivity index (χ1v) is 7.40. The quantitative estimate of drug-likeness (QED) is 0.860. The zero-order valence-electron chi connectivity index (χ0n) is 11.6. The van der Waals surface area contributed by atoms with Crippen LogP contribution in [-0.2, 0) is 6.42 Å². The summed E-state index contributed by atoms with van der Waals surface area (Å²) in [5.41, 5.74) is 1.09. The standard InChI is InChI=1S/C16H22ClFO/c1-16(2)8-4-3-5-12(16)15(19)10-11-6-7-14(18)13(17)9-11/h6-7,9,12,15,19H,3-5,8,10H2,1-2H3. The van der Waals surface area contributed by atoms with Gasteiger partial charge in [-0.1, -0.05) is 44.4 Å². The van der Waals surface area contributed by atoms with Crippen LogP contribution in [0.1, 0.15) is 45.1 Å². The molecule has 1 saturated carbocycles. The summed E-state index contributed by atoms with van der Waals surface area (Å²) in [6, 6.07) is 4.70. The van der Waals surface area contributed by atoms with E-state index in [0.717, 1.165) is 12.0 Å². The molecule has 1 aliphatic rings. The molecule has 1 aliphatic carbocycles. The van der Waals surface area contributed by atoms with E-state index in [2.05, 4.69) is 13.8 Å². The predicted octanol–water partition coefficient (Wildman–Crippen LogP) is 4.60. The molecule has 3 heteroatoms. The van der Waals surface area contributed by atoms with Crippen molar-refractivity contribution in [3.05, 3.63) is 34.6 Å². The Hall–Kier alpha value is -0.600. The average Bonchev–Trinajstić information content (AvgIpc) is 2.33. The fourth-order valence-corrected chi connectivity index (χ4v) is 3.49. The highest BCUT2D eigenvalue weighted by Crippen LogP contribution is 2.43. The fourth-order valence-electron chi connectivity index (χ4n) is 3.28. The van der Waals surface area contributed by atoms with Crippen molar-refractivity contribution < 1.29 is 9.50 Å². The zero-order chi connectivity index (χ0) is 14.0. The van der Waals surface area contributed by atoms with E-state index in [1.807, 2.05) is 0 Å². The lowest BCUT2D eigenvalue weighted by Gasteiger charge is -2.41. The first kappa shape index (κ1) is 14.8. The minimum Gasteiger partial charge on any atom is -0.392 e. The molecule has 2 unspecified atom stereocenters. The molecule has 1 aromatic rings. The number of halogens is 2. The van der Waals surface area contributed by atoms with Crippen molar-refractivity contribution >= 4 is 11.6 Å². The normalized spacial score (nSPS) is 24.2. The van der Waals surface area contributed by atoms with Gasteiger partial charge < -0.3 is 5.11 Å². The van der Waals surface area contributed by atoms with Gasteiger partial charge in [-0.25, -0.2) is 4.39 Å². The number of benzene rings is 1. The molecule has 19 heavy (non-hydrogen) atoms. The second kappa shape index (κ2) is 5.80. The molecule has 0 aromatic heterocycles. The lowest BCUT2D eigenvalue weighted by Crippen LogP contribution is -2.37. The largest absolute Gasteiger partial charge is 0.392 e. The topological polar surface area (TPSA) is 20.2 Å². The van der Waals surface area contributed by atoms with Gasteiger partial charge in [0.1, 0.15) is 5.82 Å². The van der Waals surface area contributed by atoms with Gasteiger partial charge in [-0.2, -0.15) is 0 Å². The summed E-state index contributed by atoms with van der Waals surface area (Å²) in [7, 11) is 0. The van der Waals surface area contributed by atoms with Crippen molar-refractivity contribution in [3.63, 3.8) is 0 Å². The van der Waals surface area contributed by atoms with Crippen molar-refractivity contribution in [2.24, 2.45) is 11.3 Å². The molecule has 2 atom stereocenters. The summed E-state index contributed by atoms with van der Waals surface area (Å²) in [4.78, 5) is 0. The molecule has 0 aliphatic heterocycles. The van der Waals surface area contributed by atoms with Crippen molar-refractivity contribution in [3.8, 4) is 0 Å². The van der Waals surface area contributed by atoms with Gasteiger partial charge in [0, 0.05) is 0 Å². The number of hydrogen-bond acceptors (Lipinski definition) is 1. The van der Waals surface area contributed by atoms with Gasteiger partial charge in [-0.3, -0.25) is 0 Å². The predicted molar refractivity (Wildman–Crippen MR) is 76.9 cm³/mol. The SMILES string of the molecule is CC1(C)CCCCC1C(O)Cc1ccc(F)c(Cl)c1. The van der Waals surface area contributed by atoms with Crippen LogP contribution in [0.5, 0.6) is 0 Å². The van der Waals surface area contributed by atoms with Gasteiger partial charge in [0.15, 0.2) is 0 Å². The van der Waals surface area contributed by atoms with Crippen LogP contribution in [0.15, 0.2) is 18.2 Å². The molecule has 1 fully saturated rings. The summed E-state index contributed by atoms with van der Waals surface area (Å²) < 4.78 is 13.1. The van der Waals surface area contributed by atoms with E-state index in [0.29, 0.717) is 12.3 Å². The minimum absolute atomic E-state index is 0.132. The molecule has 2 rings (SSSR count). The molecule has 0 saturated heterocycles. The third-order valence-electron chi connectivity index (χ3n) is 4.48. The zero-order valence-corrected chi connectivity index (χ0v) is 12.4. The van der Waals surface area contributed by atoms with E-state index in [1.165, 1.54) is 25.3 Å². The van der Waals surface area contributed by atoms with Gasteiger partial charge in [-0.15, -0.1) is 0 Å². The summed E-state index contributed by atoms with van der Waals surface area (Å²) >= 11 is 5.78. The van der Waals surface area contributed by atoms with E-state index in [9.17, 15) is 9.50 Å². The first-order chi connectivity index (χ1) is 8.90. The molecule has 0 heterocycles. The average molecular weight is 285 g/mol. The second-order valence-corrected chi connectivity index (χ2v) is 6.77. The molecular formula is C16H22ClFO. The summed E-state index contributed by atoms with van der Waals surface area (Å²) in [6.45, 7) is 4.47. The number of rotatable bonds is 3. The van der Waals surface area contributed by atoms with Gasteiger partial charge >= 0.3 is 0 Å². The second-order valence-electron chi connectivity index (χ2n) is 6.36. The van der Waals surface area contributed by atoms with Crippen molar-refractivity contribution in [2.75, 3.05) is 0 Å². The highest BCUT2D eigenvalue weighted by Gasteiger charge is 2.36. The highest BCUT2D eigenvalue weighted by molar-refractivity contribution is 6.30. The van der Waals surface area contributed by atoms with Crippen LogP contribution >= 0.6 is 11.6 Å². The Labute approximate surface area is 119 Å². The molecule has 0 bridgehead atoms. The molecule has 1 nitrogen and oxygen atoms in total. The van der Waals surface area contributed by atoms with Crippen LogP contribution in [0, 0.1) is 17.2 Å². The van der Waals surface area contributed by atoms with Crippen LogP contribution in [0.4, 0.5) is 4.39 Å². The van der Waals surface area contributed by atoms with Crippen molar-refractivity contribution in [1.82, 2.24) is 0 Å². The summed E-state index contributed by atoms with van der Waals surface area (Å²) in [6.07, 6.45) is 4.85. The van der Waals surface area contributed by atoms with E-state index < -0.39 is 5.82 Å². The Morgan fingerprint density at radius 3 is 2.79 bits per heavy atom. The summed E-state index contributed by atoms with van der Waals surface area (Å²) in [5, 5.41) is 10.6. The molecule has 1 aromatic carbocycles. The van der Waals surface area contributed by atoms with Crippen LogP contribution in [0.2, 0.25) is 5.02 Å². The number of aliphatic hydroxyl groups is 1. The van der Waals surface area contributed by atoms with Crippen LogP contribution in [-0.4, -0.2) is 11.2 Å². The molecule has 1 N–H and O–H groups in total. The Kier molecular flexibility index (Phi) is 4.52. The maximum absolute atomic E-state index is 13.1. The maximum Gasteiger partial charge on any atom is 0.141 e. The van der Waals surface area contributed by atoms with Crippen molar-refractivity contribution in [2.45, 2.75) is 52.1 Å². The highest BCUT2D eigenvalue weighted by atomic mass is 35.5. The lowest BCUT2D eigenvalue weighted by atomic mass is 9.66. The Morgan fingerprint density at radius 2 is 2.16 bits per heavy atom. The molecule has 0 amide bonds. The number of hydrogen-bond donors (Lipinski definition) is 1. The molecule has 106 valence electrons. The van der Waals surface area contributed by atoms with Gasteiger partial charge in [0.2, 0.25) is 0 Å². The van der Waals surface area contributed by atoms with Crippen molar-refractivity contribution in [1.29, 1.82) is 0 Å². The van der Waals surface area contributed by atoms with Gasteiger partial charge in [-0.05, 0) is 48.3 Å². The third-order valence-corrected chi connectivity index (χ3v) is 4.77. The monoisotopic (exact) mass is 284 g/mol. The van der Waals surface area contributed by atoms with Crippen LogP contribution in [0.25, 0.3) is 0 Å². The van der Waals surface area contributed by atoms with Gasteiger partial charge in [0.25, 0.3) is 0 Å². The third kappa shape index (κ3) is 3.49. The first-order valence-electron chi connectivity index (χ1n) is 7.02. The lowest BCUT2D eigenvalue weighted by molar-refractivity contribution is 0.00580. The minimum atomic E-state index is -0.405. The Bertz CT molecular complexity index is 444. The number of aliphatic hydroxyl groups excluding tert-OH is 1. The van der Waals surface area contributed by atoms with Crippen LogP contribution in [0.3, 0.4) is 0 Å². The Morgan fingerprint density at radius 1 is 1.42 bits per heavy atom.